The van der Waals surface area contributed by atoms with E-state index in [0.29, 0.717) is 5.92 Å². The van der Waals surface area contributed by atoms with Crippen LogP contribution in [0.25, 0.3) is 0 Å². The first-order valence-electron chi connectivity index (χ1n) is 3.34. The molecule has 56 valence electrons. The smallest absolute Gasteiger partial charge is 0.0701 e. The Bertz CT molecular complexity index is 59.3. The van der Waals surface area contributed by atoms with Gasteiger partial charge in [-0.15, -0.1) is 0 Å². The molecule has 0 aromatic heterocycles. The molecule has 0 saturated carbocycles. The quantitative estimate of drug-likeness (QED) is 0.287. The molecule has 0 spiro atoms. The predicted octanol–water partition coefficient (Wildman–Crippen LogP) is 0.0413. The molecular weight excluding hydrogens is 114 g/mol. The van der Waals surface area contributed by atoms with Crippen LogP contribution in [0.2, 0.25) is 0 Å². The van der Waals surface area contributed by atoms with Crippen LogP contribution < -0.4 is 16.6 Å². The molecule has 0 fully saturated rings. The van der Waals surface area contributed by atoms with Crippen molar-refractivity contribution in [3.05, 3.63) is 0 Å². The van der Waals surface area contributed by atoms with Crippen LogP contribution in [0.15, 0.2) is 0 Å². The fraction of sp³-hybridized carbons (Fsp3) is 1.00. The van der Waals surface area contributed by atoms with Crippen LogP contribution in [0.5, 0.6) is 0 Å². The van der Waals surface area contributed by atoms with E-state index in [1.807, 2.05) is 7.05 Å². The summed E-state index contributed by atoms with van der Waals surface area (Å²) < 4.78 is 0. The second-order valence-corrected chi connectivity index (χ2v) is 2.64. The molecule has 0 radical (unpaired) electrons. The Balaban J connectivity index is 3.31. The maximum atomic E-state index is 5.22. The molecule has 0 aliphatic rings. The van der Waals surface area contributed by atoms with E-state index in [0.717, 1.165) is 6.42 Å². The summed E-state index contributed by atoms with van der Waals surface area (Å²) in [6, 6.07) is 0. The molecular formula is C6H17N3. The number of rotatable bonds is 4. The van der Waals surface area contributed by atoms with Gasteiger partial charge in [-0.2, -0.15) is 0 Å². The van der Waals surface area contributed by atoms with Crippen molar-refractivity contribution >= 4 is 0 Å². The number of hydrogen-bond donors (Lipinski definition) is 3. The lowest BCUT2D eigenvalue weighted by atomic mass is 10.1. The van der Waals surface area contributed by atoms with Gasteiger partial charge in [-0.1, -0.05) is 13.8 Å². The van der Waals surface area contributed by atoms with Crippen LogP contribution in [0, 0.1) is 5.92 Å². The number of hydrogen-bond acceptors (Lipinski definition) is 3. The lowest BCUT2D eigenvalue weighted by Crippen LogP contribution is -2.45. The average Bonchev–Trinajstić information content (AvgIpc) is 1.82. The van der Waals surface area contributed by atoms with Crippen LogP contribution in [0.1, 0.15) is 20.3 Å². The van der Waals surface area contributed by atoms with E-state index < -0.39 is 0 Å². The first-order valence-corrected chi connectivity index (χ1v) is 3.34. The Labute approximate surface area is 57.0 Å². The van der Waals surface area contributed by atoms with E-state index in [1.165, 1.54) is 0 Å². The van der Waals surface area contributed by atoms with E-state index >= 15 is 0 Å². The highest BCUT2D eigenvalue weighted by molar-refractivity contribution is 4.59. The zero-order valence-corrected chi connectivity index (χ0v) is 6.44. The van der Waals surface area contributed by atoms with Crippen molar-refractivity contribution in [1.29, 1.82) is 0 Å². The number of hydrazine groups is 1. The third kappa shape index (κ3) is 4.39. The first kappa shape index (κ1) is 8.88. The number of nitrogens with two attached hydrogens (primary N) is 1. The SMILES string of the molecule is CNC(CC(C)C)NN. The van der Waals surface area contributed by atoms with Gasteiger partial charge < -0.3 is 5.32 Å². The van der Waals surface area contributed by atoms with E-state index in [-0.39, 0.29) is 6.17 Å². The standard InChI is InChI=1S/C6H17N3/c1-5(2)4-6(8-3)9-7/h5-6,8-9H,4,7H2,1-3H3. The maximum absolute atomic E-state index is 5.22. The van der Waals surface area contributed by atoms with Crippen LogP contribution >= 0.6 is 0 Å². The monoisotopic (exact) mass is 131 g/mol. The molecule has 3 nitrogen and oxygen atoms in total. The van der Waals surface area contributed by atoms with Crippen molar-refractivity contribution < 1.29 is 0 Å². The van der Waals surface area contributed by atoms with Gasteiger partial charge in [0.15, 0.2) is 0 Å². The fourth-order valence-corrected chi connectivity index (χ4v) is 0.741. The third-order valence-electron chi connectivity index (χ3n) is 1.26. The van der Waals surface area contributed by atoms with Gasteiger partial charge in [0, 0.05) is 0 Å². The summed E-state index contributed by atoms with van der Waals surface area (Å²) in [5.74, 6) is 5.90. The minimum Gasteiger partial charge on any atom is -0.304 e. The summed E-state index contributed by atoms with van der Waals surface area (Å²) in [5, 5.41) is 3.05. The van der Waals surface area contributed by atoms with Crippen molar-refractivity contribution in [1.82, 2.24) is 10.7 Å². The van der Waals surface area contributed by atoms with Gasteiger partial charge in [-0.05, 0) is 19.4 Å². The highest BCUT2D eigenvalue weighted by Gasteiger charge is 2.03. The topological polar surface area (TPSA) is 50.1 Å². The van der Waals surface area contributed by atoms with E-state index in [2.05, 4.69) is 24.6 Å². The first-order chi connectivity index (χ1) is 4.20. The molecule has 0 heterocycles. The van der Waals surface area contributed by atoms with Crippen molar-refractivity contribution in [2.45, 2.75) is 26.4 Å². The fourth-order valence-electron chi connectivity index (χ4n) is 0.741. The Morgan fingerprint density at radius 2 is 2.00 bits per heavy atom. The van der Waals surface area contributed by atoms with Gasteiger partial charge in [0.05, 0.1) is 6.17 Å². The molecule has 1 unspecified atom stereocenters. The Morgan fingerprint density at radius 3 is 2.11 bits per heavy atom. The normalized spacial score (nSPS) is 14.3. The minimum atomic E-state index is 0.255. The highest BCUT2D eigenvalue weighted by Crippen LogP contribution is 2.00. The lowest BCUT2D eigenvalue weighted by Gasteiger charge is -2.16. The van der Waals surface area contributed by atoms with Crippen LogP contribution in [0.4, 0.5) is 0 Å². The molecule has 0 amide bonds. The molecule has 0 saturated heterocycles. The van der Waals surface area contributed by atoms with Gasteiger partial charge in [-0.25, -0.2) is 5.43 Å². The number of nitrogens with one attached hydrogen (secondary N) is 2. The molecule has 3 heteroatoms. The second kappa shape index (κ2) is 4.73. The summed E-state index contributed by atoms with van der Waals surface area (Å²) in [7, 11) is 1.90. The summed E-state index contributed by atoms with van der Waals surface area (Å²) in [5.41, 5.74) is 2.67. The van der Waals surface area contributed by atoms with E-state index in [4.69, 9.17) is 5.84 Å². The maximum Gasteiger partial charge on any atom is 0.0701 e. The largest absolute Gasteiger partial charge is 0.304 e. The van der Waals surface area contributed by atoms with Crippen molar-refractivity contribution in [2.24, 2.45) is 11.8 Å². The Morgan fingerprint density at radius 1 is 1.44 bits per heavy atom. The summed E-state index contributed by atoms with van der Waals surface area (Å²) >= 11 is 0. The van der Waals surface area contributed by atoms with Gasteiger partial charge >= 0.3 is 0 Å². The average molecular weight is 131 g/mol. The molecule has 0 aromatic carbocycles. The van der Waals surface area contributed by atoms with Gasteiger partial charge in [0.25, 0.3) is 0 Å². The lowest BCUT2D eigenvalue weighted by molar-refractivity contribution is 0.384. The molecule has 0 aliphatic carbocycles. The van der Waals surface area contributed by atoms with Crippen LogP contribution in [-0.2, 0) is 0 Å². The molecule has 0 rings (SSSR count). The van der Waals surface area contributed by atoms with E-state index in [1.54, 1.807) is 0 Å². The summed E-state index contributed by atoms with van der Waals surface area (Å²) in [6.07, 6.45) is 1.32. The molecule has 4 N–H and O–H groups in total. The van der Waals surface area contributed by atoms with Crippen molar-refractivity contribution in [3.63, 3.8) is 0 Å². The Hall–Kier alpha value is -0.120. The van der Waals surface area contributed by atoms with Crippen molar-refractivity contribution in [2.75, 3.05) is 7.05 Å². The van der Waals surface area contributed by atoms with Gasteiger partial charge in [-0.3, -0.25) is 5.84 Å². The molecule has 9 heavy (non-hydrogen) atoms. The van der Waals surface area contributed by atoms with Crippen LogP contribution in [0.3, 0.4) is 0 Å². The zero-order chi connectivity index (χ0) is 7.28. The summed E-state index contributed by atoms with van der Waals surface area (Å²) in [6.45, 7) is 4.34. The highest BCUT2D eigenvalue weighted by atomic mass is 15.3. The summed E-state index contributed by atoms with van der Waals surface area (Å²) in [4.78, 5) is 0. The van der Waals surface area contributed by atoms with Gasteiger partial charge in [0.2, 0.25) is 0 Å². The molecule has 0 aromatic rings. The molecule has 1 atom stereocenters. The van der Waals surface area contributed by atoms with Crippen LogP contribution in [-0.4, -0.2) is 13.2 Å². The van der Waals surface area contributed by atoms with Crippen molar-refractivity contribution in [3.8, 4) is 0 Å². The second-order valence-electron chi connectivity index (χ2n) is 2.64. The molecule has 0 aliphatic heterocycles. The zero-order valence-electron chi connectivity index (χ0n) is 6.44. The van der Waals surface area contributed by atoms with Gasteiger partial charge in [0.1, 0.15) is 0 Å². The van der Waals surface area contributed by atoms with E-state index in [9.17, 15) is 0 Å². The minimum absolute atomic E-state index is 0.255. The Kier molecular flexibility index (Phi) is 4.67. The third-order valence-corrected chi connectivity index (χ3v) is 1.26. The predicted molar refractivity (Wildman–Crippen MR) is 39.6 cm³/mol. The molecule has 0 bridgehead atoms.